The van der Waals surface area contributed by atoms with Crippen LogP contribution in [0.4, 0.5) is 0 Å². The number of likely N-dealkylation sites (N-methyl/N-ethyl adjacent to an activating group) is 1. The minimum Gasteiger partial charge on any atom is -0.497 e. The van der Waals surface area contributed by atoms with E-state index < -0.39 is 0 Å². The molecule has 2 aliphatic rings. The molecule has 0 bridgehead atoms. The van der Waals surface area contributed by atoms with E-state index in [1.54, 1.807) is 14.2 Å². The van der Waals surface area contributed by atoms with Crippen LogP contribution in [0, 0.1) is 0 Å². The Kier molecular flexibility index (Phi) is 5.27. The second-order valence-electron chi connectivity index (χ2n) is 8.36. The van der Waals surface area contributed by atoms with Crippen molar-refractivity contribution in [3.05, 3.63) is 71.6 Å². The standard InChI is InChI=1S/C25H26N4O3/c1-26-22(30)16-29-13-11-25(12-14-29)15-20(19-5-3-4-6-21(19)25)24-27-23(28-32-24)17-7-9-18(31-2)10-8-17/h3-10,15H,11-14,16H2,1-2H3,(H,26,30). The van der Waals surface area contributed by atoms with E-state index in [0.717, 1.165) is 48.4 Å². The summed E-state index contributed by atoms with van der Waals surface area (Å²) in [6, 6.07) is 16.1. The van der Waals surface area contributed by atoms with Crippen LogP contribution in [0.3, 0.4) is 0 Å². The Bertz CT molecular complexity index is 1160. The predicted molar refractivity (Wildman–Crippen MR) is 121 cm³/mol. The van der Waals surface area contributed by atoms with Gasteiger partial charge in [-0.2, -0.15) is 4.98 Å². The summed E-state index contributed by atoms with van der Waals surface area (Å²) in [5.41, 5.74) is 4.26. The maximum absolute atomic E-state index is 11.8. The maximum Gasteiger partial charge on any atom is 0.258 e. The second kappa shape index (κ2) is 8.24. The number of piperidine rings is 1. The van der Waals surface area contributed by atoms with Crippen LogP contribution in [0.15, 0.2) is 59.1 Å². The number of hydrogen-bond donors (Lipinski definition) is 1. The molecule has 32 heavy (non-hydrogen) atoms. The quantitative estimate of drug-likeness (QED) is 0.669. The van der Waals surface area contributed by atoms with Gasteiger partial charge in [0.15, 0.2) is 0 Å². The molecule has 7 heteroatoms. The van der Waals surface area contributed by atoms with Gasteiger partial charge in [-0.05, 0) is 61.3 Å². The lowest BCUT2D eigenvalue weighted by atomic mass is 9.74. The van der Waals surface area contributed by atoms with Gasteiger partial charge < -0.3 is 14.6 Å². The minimum absolute atomic E-state index is 0.0564. The number of rotatable bonds is 5. The highest BCUT2D eigenvalue weighted by molar-refractivity contribution is 5.84. The molecular weight excluding hydrogens is 404 g/mol. The average molecular weight is 431 g/mol. The molecule has 1 saturated heterocycles. The molecule has 1 spiro atoms. The van der Waals surface area contributed by atoms with Gasteiger partial charge in [0.25, 0.3) is 5.89 Å². The number of aromatic nitrogens is 2. The van der Waals surface area contributed by atoms with Gasteiger partial charge in [-0.1, -0.05) is 35.5 Å². The van der Waals surface area contributed by atoms with Crippen molar-refractivity contribution in [3.8, 4) is 17.1 Å². The fourth-order valence-corrected chi connectivity index (χ4v) is 4.76. The van der Waals surface area contributed by atoms with Crippen LogP contribution in [-0.4, -0.2) is 54.7 Å². The maximum atomic E-state index is 11.8. The summed E-state index contributed by atoms with van der Waals surface area (Å²) in [6.45, 7) is 2.18. The Labute approximate surface area is 187 Å². The number of fused-ring (bicyclic) bond motifs is 2. The number of nitrogens with zero attached hydrogens (tertiary/aromatic N) is 3. The van der Waals surface area contributed by atoms with Crippen molar-refractivity contribution in [2.75, 3.05) is 33.8 Å². The van der Waals surface area contributed by atoms with E-state index in [0.29, 0.717) is 18.3 Å². The molecule has 1 aliphatic carbocycles. The molecule has 0 saturated carbocycles. The first kappa shape index (κ1) is 20.5. The van der Waals surface area contributed by atoms with Gasteiger partial charge in [-0.25, -0.2) is 0 Å². The monoisotopic (exact) mass is 430 g/mol. The zero-order valence-corrected chi connectivity index (χ0v) is 18.3. The molecule has 164 valence electrons. The first-order chi connectivity index (χ1) is 15.6. The normalized spacial score (nSPS) is 17.1. The van der Waals surface area contributed by atoms with Crippen LogP contribution in [-0.2, 0) is 10.2 Å². The molecule has 0 atom stereocenters. The van der Waals surface area contributed by atoms with Gasteiger partial charge in [-0.15, -0.1) is 0 Å². The molecule has 5 rings (SSSR count). The average Bonchev–Trinajstić information content (AvgIpc) is 3.45. The number of carbonyl (C=O) groups excluding carboxylic acids is 1. The summed E-state index contributed by atoms with van der Waals surface area (Å²) < 4.78 is 10.9. The van der Waals surface area contributed by atoms with E-state index in [1.807, 2.05) is 30.3 Å². The summed E-state index contributed by atoms with van der Waals surface area (Å²) in [5.74, 6) is 1.94. The lowest BCUT2D eigenvalue weighted by Gasteiger charge is -2.38. The SMILES string of the molecule is CNC(=O)CN1CCC2(C=C(c3nc(-c4ccc(OC)cc4)no3)c3ccccc32)CC1. The Balaban J connectivity index is 1.44. The topological polar surface area (TPSA) is 80.5 Å². The zero-order chi connectivity index (χ0) is 22.1. The molecule has 1 aromatic heterocycles. The highest BCUT2D eigenvalue weighted by atomic mass is 16.5. The summed E-state index contributed by atoms with van der Waals surface area (Å²) in [5, 5.41) is 6.94. The Morgan fingerprint density at radius 1 is 1.16 bits per heavy atom. The van der Waals surface area contributed by atoms with Crippen molar-refractivity contribution in [1.29, 1.82) is 0 Å². The van der Waals surface area contributed by atoms with Crippen molar-refractivity contribution < 1.29 is 14.1 Å². The molecular formula is C25H26N4O3. The summed E-state index contributed by atoms with van der Waals surface area (Å²) in [6.07, 6.45) is 4.20. The summed E-state index contributed by atoms with van der Waals surface area (Å²) in [4.78, 5) is 18.7. The van der Waals surface area contributed by atoms with E-state index >= 15 is 0 Å². The third kappa shape index (κ3) is 3.58. The van der Waals surface area contributed by atoms with Crippen molar-refractivity contribution in [2.45, 2.75) is 18.3 Å². The molecule has 1 N–H and O–H groups in total. The number of ether oxygens (including phenoxy) is 1. The third-order valence-corrected chi connectivity index (χ3v) is 6.57. The van der Waals surface area contributed by atoms with Gasteiger partial charge in [0.2, 0.25) is 11.7 Å². The Hall–Kier alpha value is -3.45. The van der Waals surface area contributed by atoms with Crippen LogP contribution in [0.2, 0.25) is 0 Å². The van der Waals surface area contributed by atoms with Crippen molar-refractivity contribution in [2.24, 2.45) is 0 Å². The van der Waals surface area contributed by atoms with Crippen LogP contribution >= 0.6 is 0 Å². The number of methoxy groups -OCH3 is 1. The van der Waals surface area contributed by atoms with Crippen molar-refractivity contribution in [1.82, 2.24) is 20.4 Å². The fraction of sp³-hybridized carbons (Fsp3) is 0.320. The lowest BCUT2D eigenvalue weighted by molar-refractivity contribution is -0.122. The highest BCUT2D eigenvalue weighted by Crippen LogP contribution is 2.48. The molecule has 2 heterocycles. The lowest BCUT2D eigenvalue weighted by Crippen LogP contribution is -2.44. The van der Waals surface area contributed by atoms with Gasteiger partial charge in [0.1, 0.15) is 5.75 Å². The molecule has 3 aromatic rings. The fourth-order valence-electron chi connectivity index (χ4n) is 4.76. The first-order valence-electron chi connectivity index (χ1n) is 10.9. The summed E-state index contributed by atoms with van der Waals surface area (Å²) in [7, 11) is 3.32. The van der Waals surface area contributed by atoms with Gasteiger partial charge in [0.05, 0.1) is 13.7 Å². The molecule has 2 aromatic carbocycles. The zero-order valence-electron chi connectivity index (χ0n) is 18.3. The Morgan fingerprint density at radius 2 is 1.91 bits per heavy atom. The number of amides is 1. The number of nitrogens with one attached hydrogen (secondary N) is 1. The van der Waals surface area contributed by atoms with E-state index in [2.05, 4.69) is 39.6 Å². The van der Waals surface area contributed by atoms with Crippen molar-refractivity contribution >= 4 is 11.5 Å². The van der Waals surface area contributed by atoms with Crippen molar-refractivity contribution in [3.63, 3.8) is 0 Å². The van der Waals surface area contributed by atoms with Crippen LogP contribution in [0.5, 0.6) is 5.75 Å². The number of carbonyl (C=O) groups is 1. The third-order valence-electron chi connectivity index (χ3n) is 6.57. The van der Waals surface area contributed by atoms with Crippen LogP contribution < -0.4 is 10.1 Å². The molecule has 1 aliphatic heterocycles. The number of likely N-dealkylation sites (tertiary alicyclic amines) is 1. The molecule has 1 amide bonds. The van der Waals surface area contributed by atoms with E-state index in [-0.39, 0.29) is 11.3 Å². The molecule has 0 radical (unpaired) electrons. The van der Waals surface area contributed by atoms with E-state index in [1.165, 1.54) is 5.56 Å². The highest BCUT2D eigenvalue weighted by Gasteiger charge is 2.42. The molecule has 0 unspecified atom stereocenters. The molecule has 7 nitrogen and oxygen atoms in total. The summed E-state index contributed by atoms with van der Waals surface area (Å²) >= 11 is 0. The van der Waals surface area contributed by atoms with E-state index in [9.17, 15) is 4.79 Å². The molecule has 1 fully saturated rings. The number of hydrogen-bond acceptors (Lipinski definition) is 6. The first-order valence-corrected chi connectivity index (χ1v) is 10.9. The van der Waals surface area contributed by atoms with Gasteiger partial charge >= 0.3 is 0 Å². The van der Waals surface area contributed by atoms with Gasteiger partial charge in [-0.3, -0.25) is 9.69 Å². The minimum atomic E-state index is -0.0696. The largest absolute Gasteiger partial charge is 0.497 e. The second-order valence-corrected chi connectivity index (χ2v) is 8.36. The smallest absolute Gasteiger partial charge is 0.258 e. The van der Waals surface area contributed by atoms with Crippen LogP contribution in [0.1, 0.15) is 29.9 Å². The predicted octanol–water partition coefficient (Wildman–Crippen LogP) is 3.27. The van der Waals surface area contributed by atoms with Gasteiger partial charge in [0, 0.05) is 23.6 Å². The van der Waals surface area contributed by atoms with Crippen LogP contribution in [0.25, 0.3) is 17.0 Å². The number of benzene rings is 2. The number of allylic oxidation sites excluding steroid dienone is 1. The Morgan fingerprint density at radius 3 is 2.62 bits per heavy atom. The van der Waals surface area contributed by atoms with E-state index in [4.69, 9.17) is 14.2 Å².